The van der Waals surface area contributed by atoms with Gasteiger partial charge in [0.15, 0.2) is 0 Å². The third kappa shape index (κ3) is 3.28. The zero-order valence-electron chi connectivity index (χ0n) is 9.80. The molecule has 0 saturated carbocycles. The van der Waals surface area contributed by atoms with Crippen molar-refractivity contribution in [1.82, 2.24) is 5.32 Å². The Labute approximate surface area is 116 Å². The van der Waals surface area contributed by atoms with Gasteiger partial charge in [0.2, 0.25) is 11.8 Å². The van der Waals surface area contributed by atoms with Crippen molar-refractivity contribution in [2.24, 2.45) is 5.92 Å². The van der Waals surface area contributed by atoms with Gasteiger partial charge < -0.3 is 10.6 Å². The molecule has 4 nitrogen and oxygen atoms in total. The molecule has 1 atom stereocenters. The molecule has 0 spiro atoms. The number of hydrogen-bond donors (Lipinski definition) is 2. The van der Waals surface area contributed by atoms with E-state index in [9.17, 15) is 18.4 Å². The van der Waals surface area contributed by atoms with E-state index in [0.29, 0.717) is 6.42 Å². The molecular weight excluding hydrogens is 322 g/mol. The van der Waals surface area contributed by atoms with Gasteiger partial charge in [0.05, 0.1) is 16.1 Å². The first-order chi connectivity index (χ1) is 8.97. The second-order valence-corrected chi connectivity index (χ2v) is 5.13. The molecule has 1 unspecified atom stereocenters. The van der Waals surface area contributed by atoms with Crippen LogP contribution in [0.4, 0.5) is 14.5 Å². The monoisotopic (exact) mass is 332 g/mol. The van der Waals surface area contributed by atoms with Gasteiger partial charge >= 0.3 is 0 Å². The summed E-state index contributed by atoms with van der Waals surface area (Å²) < 4.78 is 26.8. The number of anilines is 1. The van der Waals surface area contributed by atoms with E-state index in [1.807, 2.05) is 0 Å². The lowest BCUT2D eigenvalue weighted by atomic mass is 9.98. The van der Waals surface area contributed by atoms with Crippen LogP contribution >= 0.6 is 15.9 Å². The normalized spacial score (nSPS) is 18.9. The molecule has 1 aromatic carbocycles. The Bertz CT molecular complexity index is 527. The number of piperidine rings is 1. The number of rotatable bonds is 2. The molecule has 1 aromatic rings. The van der Waals surface area contributed by atoms with Crippen LogP contribution in [0, 0.1) is 17.6 Å². The molecule has 1 fully saturated rings. The predicted molar refractivity (Wildman–Crippen MR) is 68.4 cm³/mol. The topological polar surface area (TPSA) is 58.2 Å². The van der Waals surface area contributed by atoms with E-state index in [-0.39, 0.29) is 29.0 Å². The molecular formula is C12H11BrF2N2O2. The minimum Gasteiger partial charge on any atom is -0.355 e. The first-order valence-electron chi connectivity index (χ1n) is 5.69. The Kier molecular flexibility index (Phi) is 4.14. The van der Waals surface area contributed by atoms with Crippen LogP contribution in [0.3, 0.4) is 0 Å². The van der Waals surface area contributed by atoms with E-state index < -0.39 is 23.5 Å². The fraction of sp³-hybridized carbons (Fsp3) is 0.333. The predicted octanol–water partition coefficient (Wildman–Crippen LogP) is 2.19. The molecule has 0 aliphatic carbocycles. The van der Waals surface area contributed by atoms with Crippen LogP contribution in [-0.4, -0.2) is 18.4 Å². The number of carbonyl (C=O) groups excluding carboxylic acids is 2. The zero-order valence-corrected chi connectivity index (χ0v) is 11.4. The molecule has 102 valence electrons. The van der Waals surface area contributed by atoms with E-state index >= 15 is 0 Å². The molecule has 2 rings (SSSR count). The van der Waals surface area contributed by atoms with Gasteiger partial charge in [0, 0.05) is 19.0 Å². The Morgan fingerprint density at radius 3 is 2.74 bits per heavy atom. The molecule has 1 aliphatic heterocycles. The lowest BCUT2D eigenvalue weighted by molar-refractivity contribution is -0.126. The smallest absolute Gasteiger partial charge is 0.229 e. The van der Waals surface area contributed by atoms with Gasteiger partial charge in [0.1, 0.15) is 11.6 Å². The maximum Gasteiger partial charge on any atom is 0.229 e. The second kappa shape index (κ2) is 5.64. The third-order valence-corrected chi connectivity index (χ3v) is 3.51. The highest BCUT2D eigenvalue weighted by atomic mass is 79.9. The van der Waals surface area contributed by atoms with Gasteiger partial charge in [-0.3, -0.25) is 9.59 Å². The maximum absolute atomic E-state index is 13.5. The maximum atomic E-state index is 13.5. The van der Waals surface area contributed by atoms with Gasteiger partial charge in [-0.15, -0.1) is 0 Å². The molecule has 7 heteroatoms. The number of nitrogens with one attached hydrogen (secondary N) is 2. The van der Waals surface area contributed by atoms with Crippen molar-refractivity contribution >= 4 is 33.4 Å². The number of hydrogen-bond acceptors (Lipinski definition) is 2. The van der Waals surface area contributed by atoms with E-state index in [2.05, 4.69) is 26.6 Å². The van der Waals surface area contributed by atoms with Gasteiger partial charge in [-0.2, -0.15) is 0 Å². The average molecular weight is 333 g/mol. The number of halogens is 3. The Balaban J connectivity index is 2.07. The molecule has 2 amide bonds. The molecule has 1 aliphatic rings. The number of carbonyl (C=O) groups is 2. The van der Waals surface area contributed by atoms with Crippen LogP contribution in [0.2, 0.25) is 0 Å². The summed E-state index contributed by atoms with van der Waals surface area (Å²) >= 11 is 2.85. The minimum atomic E-state index is -0.721. The lowest BCUT2D eigenvalue weighted by Crippen LogP contribution is -2.40. The van der Waals surface area contributed by atoms with Crippen molar-refractivity contribution in [1.29, 1.82) is 0 Å². The fourth-order valence-corrected chi connectivity index (χ4v) is 2.13. The average Bonchev–Trinajstić information content (AvgIpc) is 2.36. The van der Waals surface area contributed by atoms with Crippen LogP contribution in [0.5, 0.6) is 0 Å². The van der Waals surface area contributed by atoms with Gasteiger partial charge in [-0.25, -0.2) is 8.78 Å². The molecule has 1 heterocycles. The van der Waals surface area contributed by atoms with Crippen molar-refractivity contribution in [2.75, 3.05) is 11.9 Å². The van der Waals surface area contributed by atoms with Crippen LogP contribution in [0.1, 0.15) is 12.8 Å². The molecule has 0 bridgehead atoms. The highest BCUT2D eigenvalue weighted by molar-refractivity contribution is 9.10. The minimum absolute atomic E-state index is 0.00655. The fourth-order valence-electron chi connectivity index (χ4n) is 1.81. The molecule has 0 aromatic heterocycles. The summed E-state index contributed by atoms with van der Waals surface area (Å²) in [6, 6.07) is 1.87. The summed E-state index contributed by atoms with van der Waals surface area (Å²) in [5.74, 6) is -2.34. The first-order valence-corrected chi connectivity index (χ1v) is 6.49. The summed E-state index contributed by atoms with van der Waals surface area (Å²) in [6.45, 7) is 0.214. The Hall–Kier alpha value is -1.50. The van der Waals surface area contributed by atoms with E-state index in [1.54, 1.807) is 0 Å². The molecule has 19 heavy (non-hydrogen) atoms. The summed E-state index contributed by atoms with van der Waals surface area (Å²) in [5.41, 5.74) is -0.206. The van der Waals surface area contributed by atoms with E-state index in [1.165, 1.54) is 0 Å². The van der Waals surface area contributed by atoms with Crippen molar-refractivity contribution in [3.05, 3.63) is 28.2 Å². The quantitative estimate of drug-likeness (QED) is 0.815. The molecule has 1 saturated heterocycles. The number of benzene rings is 1. The second-order valence-electron chi connectivity index (χ2n) is 4.28. The van der Waals surface area contributed by atoms with Crippen LogP contribution < -0.4 is 10.6 Å². The Morgan fingerprint density at radius 1 is 1.37 bits per heavy atom. The zero-order chi connectivity index (χ0) is 14.0. The van der Waals surface area contributed by atoms with Crippen molar-refractivity contribution in [3.8, 4) is 0 Å². The highest BCUT2D eigenvalue weighted by Crippen LogP contribution is 2.24. The molecule has 2 N–H and O–H groups in total. The third-order valence-electron chi connectivity index (χ3n) is 2.90. The van der Waals surface area contributed by atoms with Crippen LogP contribution in [0.25, 0.3) is 0 Å². The summed E-state index contributed by atoms with van der Waals surface area (Å²) in [4.78, 5) is 22.8. The standard InChI is InChI=1S/C12H11BrF2N2O2/c13-7-3-9(15)10(4-8(7)14)17-12(19)6-1-2-11(18)16-5-6/h3-4,6H,1-2,5H2,(H,16,18)(H,17,19). The number of amides is 2. The van der Waals surface area contributed by atoms with Crippen molar-refractivity contribution in [2.45, 2.75) is 12.8 Å². The van der Waals surface area contributed by atoms with Crippen molar-refractivity contribution < 1.29 is 18.4 Å². The van der Waals surface area contributed by atoms with E-state index in [4.69, 9.17) is 0 Å². The van der Waals surface area contributed by atoms with Gasteiger partial charge in [-0.1, -0.05) is 0 Å². The van der Waals surface area contributed by atoms with E-state index in [0.717, 1.165) is 12.1 Å². The van der Waals surface area contributed by atoms with Crippen LogP contribution in [-0.2, 0) is 9.59 Å². The van der Waals surface area contributed by atoms with Crippen LogP contribution in [0.15, 0.2) is 16.6 Å². The largest absolute Gasteiger partial charge is 0.355 e. The Morgan fingerprint density at radius 2 is 2.11 bits per heavy atom. The van der Waals surface area contributed by atoms with Gasteiger partial charge in [-0.05, 0) is 28.4 Å². The first kappa shape index (κ1) is 13.9. The highest BCUT2D eigenvalue weighted by Gasteiger charge is 2.25. The molecule has 0 radical (unpaired) electrons. The van der Waals surface area contributed by atoms with Gasteiger partial charge in [0.25, 0.3) is 0 Å². The summed E-state index contributed by atoms with van der Waals surface area (Å²) in [5, 5.41) is 4.90. The SMILES string of the molecule is O=C1CCC(C(=O)Nc2cc(F)c(Br)cc2F)CN1. The van der Waals surface area contributed by atoms with Crippen molar-refractivity contribution in [3.63, 3.8) is 0 Å². The summed E-state index contributed by atoms with van der Waals surface area (Å²) in [7, 11) is 0. The summed E-state index contributed by atoms with van der Waals surface area (Å²) in [6.07, 6.45) is 0.660. The lowest BCUT2D eigenvalue weighted by Gasteiger charge is -2.21.